The highest BCUT2D eigenvalue weighted by atomic mass is 79.9. The Balaban J connectivity index is 3.06. The summed E-state index contributed by atoms with van der Waals surface area (Å²) >= 11 is 3.42. The molecule has 0 atom stereocenters. The lowest BCUT2D eigenvalue weighted by Gasteiger charge is -2.18. The molecule has 0 amide bonds. The van der Waals surface area contributed by atoms with Gasteiger partial charge in [-0.25, -0.2) is 0 Å². The fourth-order valence-electron chi connectivity index (χ4n) is 0.876. The van der Waals surface area contributed by atoms with Gasteiger partial charge in [0.25, 0.3) is 0 Å². The summed E-state index contributed by atoms with van der Waals surface area (Å²) in [7, 11) is 0. The molecule has 1 aromatic carbocycles. The molecule has 0 nitrogen and oxygen atoms in total. The number of rotatable bonds is 0. The monoisotopic (exact) mass is 211 g/mol. The van der Waals surface area contributed by atoms with Crippen molar-refractivity contribution in [3.8, 4) is 0 Å². The molecule has 0 aliphatic carbocycles. The fourth-order valence-corrected chi connectivity index (χ4v) is 1.25. The summed E-state index contributed by atoms with van der Waals surface area (Å²) in [5.41, 5.74) is 1.53. The Morgan fingerprint density at radius 2 is 1.91 bits per heavy atom. The maximum Gasteiger partial charge on any atom is 0.0184 e. The van der Waals surface area contributed by atoms with Crippen LogP contribution >= 0.6 is 15.9 Å². The van der Waals surface area contributed by atoms with E-state index in [1.54, 1.807) is 0 Å². The molecule has 0 fully saturated rings. The van der Waals surface area contributed by atoms with Crippen LogP contribution in [-0.2, 0) is 5.41 Å². The van der Waals surface area contributed by atoms with E-state index in [-0.39, 0.29) is 5.41 Å². The maximum atomic E-state index is 3.42. The molecule has 11 heavy (non-hydrogen) atoms. The van der Waals surface area contributed by atoms with Crippen molar-refractivity contribution in [2.24, 2.45) is 0 Å². The van der Waals surface area contributed by atoms with Crippen LogP contribution in [0.2, 0.25) is 0 Å². The summed E-state index contributed by atoms with van der Waals surface area (Å²) < 4.78 is 1.10. The van der Waals surface area contributed by atoms with Crippen LogP contribution in [0.4, 0.5) is 0 Å². The number of hydrogen-bond donors (Lipinski definition) is 0. The molecule has 0 aromatic heterocycles. The first-order valence-corrected chi connectivity index (χ1v) is 4.46. The molecule has 1 radical (unpaired) electrons. The molecular formula is C10H12Br. The van der Waals surface area contributed by atoms with Gasteiger partial charge in [-0.2, -0.15) is 0 Å². The van der Waals surface area contributed by atoms with Gasteiger partial charge in [0.2, 0.25) is 0 Å². The van der Waals surface area contributed by atoms with Crippen LogP contribution in [0.25, 0.3) is 0 Å². The molecule has 0 spiro atoms. The molecule has 0 N–H and O–H groups in total. The zero-order chi connectivity index (χ0) is 8.48. The lowest BCUT2D eigenvalue weighted by Crippen LogP contribution is -2.10. The van der Waals surface area contributed by atoms with Crippen LogP contribution in [0.15, 0.2) is 22.7 Å². The van der Waals surface area contributed by atoms with E-state index in [0.717, 1.165) is 4.47 Å². The van der Waals surface area contributed by atoms with Crippen molar-refractivity contribution in [3.63, 3.8) is 0 Å². The van der Waals surface area contributed by atoms with Gasteiger partial charge in [-0.15, -0.1) is 0 Å². The highest BCUT2D eigenvalue weighted by Crippen LogP contribution is 2.24. The lowest BCUT2D eigenvalue weighted by molar-refractivity contribution is 0.590. The van der Waals surface area contributed by atoms with Crippen molar-refractivity contribution in [3.05, 3.63) is 34.3 Å². The summed E-state index contributed by atoms with van der Waals surface area (Å²) in [6.07, 6.45) is 0. The minimum atomic E-state index is 0.222. The first-order valence-electron chi connectivity index (χ1n) is 3.67. The van der Waals surface area contributed by atoms with E-state index < -0.39 is 0 Å². The summed E-state index contributed by atoms with van der Waals surface area (Å²) in [6, 6.07) is 9.18. The molecule has 0 saturated heterocycles. The smallest absolute Gasteiger partial charge is 0.0184 e. The van der Waals surface area contributed by atoms with Gasteiger partial charge in [0, 0.05) is 4.47 Å². The van der Waals surface area contributed by atoms with Gasteiger partial charge in [-0.3, -0.25) is 0 Å². The lowest BCUT2D eigenvalue weighted by atomic mass is 9.87. The zero-order valence-electron chi connectivity index (χ0n) is 7.11. The van der Waals surface area contributed by atoms with Gasteiger partial charge in [0.05, 0.1) is 0 Å². The average Bonchev–Trinajstić information content (AvgIpc) is 1.86. The van der Waals surface area contributed by atoms with Crippen LogP contribution in [0, 0.1) is 6.07 Å². The second-order valence-corrected chi connectivity index (χ2v) is 4.61. The van der Waals surface area contributed by atoms with Crippen molar-refractivity contribution in [2.45, 2.75) is 26.2 Å². The second kappa shape index (κ2) is 2.98. The minimum Gasteiger partial charge on any atom is -0.0561 e. The molecule has 0 unspecified atom stereocenters. The molecule has 59 valence electrons. The van der Waals surface area contributed by atoms with Crippen molar-refractivity contribution in [1.29, 1.82) is 0 Å². The van der Waals surface area contributed by atoms with Crippen LogP contribution in [0.5, 0.6) is 0 Å². The SMILES string of the molecule is CC(C)(C)c1c[c]cc(Br)c1. The predicted octanol–water partition coefficient (Wildman–Crippen LogP) is 3.55. The van der Waals surface area contributed by atoms with E-state index in [2.05, 4.69) is 48.8 Å². The van der Waals surface area contributed by atoms with E-state index in [0.29, 0.717) is 0 Å². The largest absolute Gasteiger partial charge is 0.0561 e. The van der Waals surface area contributed by atoms with Gasteiger partial charge in [0.1, 0.15) is 0 Å². The quantitative estimate of drug-likeness (QED) is 0.616. The Hall–Kier alpha value is -0.300. The van der Waals surface area contributed by atoms with Crippen LogP contribution in [0.3, 0.4) is 0 Å². The van der Waals surface area contributed by atoms with Gasteiger partial charge in [0.15, 0.2) is 0 Å². The van der Waals surface area contributed by atoms with E-state index in [4.69, 9.17) is 0 Å². The molecule has 0 aliphatic heterocycles. The summed E-state index contributed by atoms with van der Waals surface area (Å²) in [5.74, 6) is 0. The van der Waals surface area contributed by atoms with Crippen molar-refractivity contribution >= 4 is 15.9 Å². The van der Waals surface area contributed by atoms with Gasteiger partial charge in [-0.1, -0.05) is 42.8 Å². The maximum absolute atomic E-state index is 3.42. The molecule has 0 aliphatic rings. The zero-order valence-corrected chi connectivity index (χ0v) is 8.70. The van der Waals surface area contributed by atoms with Crippen LogP contribution in [0.1, 0.15) is 26.3 Å². The molecular weight excluding hydrogens is 200 g/mol. The third-order valence-electron chi connectivity index (χ3n) is 1.62. The average molecular weight is 212 g/mol. The normalized spacial score (nSPS) is 11.6. The topological polar surface area (TPSA) is 0 Å². The standard InChI is InChI=1S/C10H12Br/c1-10(2,3)8-5-4-6-9(11)7-8/h5-7H,1-3H3. The summed E-state index contributed by atoms with van der Waals surface area (Å²) in [5, 5.41) is 0. The highest BCUT2D eigenvalue weighted by Gasteiger charge is 2.12. The van der Waals surface area contributed by atoms with Crippen molar-refractivity contribution < 1.29 is 0 Å². The Morgan fingerprint density at radius 1 is 1.27 bits per heavy atom. The number of benzene rings is 1. The van der Waals surface area contributed by atoms with Crippen LogP contribution in [-0.4, -0.2) is 0 Å². The summed E-state index contributed by atoms with van der Waals surface area (Å²) in [6.45, 7) is 6.59. The third kappa shape index (κ3) is 2.33. The Morgan fingerprint density at radius 3 is 2.27 bits per heavy atom. The molecule has 1 aromatic rings. The van der Waals surface area contributed by atoms with Gasteiger partial charge in [-0.05, 0) is 29.2 Å². The van der Waals surface area contributed by atoms with Crippen molar-refractivity contribution in [2.75, 3.05) is 0 Å². The summed E-state index contributed by atoms with van der Waals surface area (Å²) in [4.78, 5) is 0. The molecule has 1 rings (SSSR count). The van der Waals surface area contributed by atoms with E-state index in [1.165, 1.54) is 5.56 Å². The van der Waals surface area contributed by atoms with Crippen LogP contribution < -0.4 is 0 Å². The number of hydrogen-bond acceptors (Lipinski definition) is 0. The Labute approximate surface area is 76.8 Å². The number of halogens is 1. The third-order valence-corrected chi connectivity index (χ3v) is 2.08. The fraction of sp³-hybridized carbons (Fsp3) is 0.400. The molecule has 1 heteroatoms. The first-order chi connectivity index (χ1) is 5.00. The highest BCUT2D eigenvalue weighted by molar-refractivity contribution is 9.10. The molecule has 0 saturated carbocycles. The van der Waals surface area contributed by atoms with Gasteiger partial charge >= 0.3 is 0 Å². The molecule has 0 heterocycles. The molecule has 0 bridgehead atoms. The first kappa shape index (κ1) is 8.79. The van der Waals surface area contributed by atoms with E-state index in [9.17, 15) is 0 Å². The second-order valence-electron chi connectivity index (χ2n) is 3.69. The predicted molar refractivity (Wildman–Crippen MR) is 51.7 cm³/mol. The van der Waals surface area contributed by atoms with E-state index >= 15 is 0 Å². The Bertz CT molecular complexity index is 245. The Kier molecular flexibility index (Phi) is 2.38. The van der Waals surface area contributed by atoms with Crippen molar-refractivity contribution in [1.82, 2.24) is 0 Å². The van der Waals surface area contributed by atoms with Gasteiger partial charge < -0.3 is 0 Å². The van der Waals surface area contributed by atoms with E-state index in [1.807, 2.05) is 12.1 Å². The minimum absolute atomic E-state index is 0.222.